The van der Waals surface area contributed by atoms with Crippen molar-refractivity contribution in [3.63, 3.8) is 0 Å². The highest BCUT2D eigenvalue weighted by Crippen LogP contribution is 2.18. The van der Waals surface area contributed by atoms with Crippen molar-refractivity contribution in [2.45, 2.75) is 13.5 Å². The number of halogens is 1. The van der Waals surface area contributed by atoms with Crippen LogP contribution in [0, 0.1) is 0 Å². The predicted molar refractivity (Wildman–Crippen MR) is 97.8 cm³/mol. The van der Waals surface area contributed by atoms with Crippen LogP contribution in [0.1, 0.15) is 18.1 Å². The van der Waals surface area contributed by atoms with Crippen molar-refractivity contribution in [1.82, 2.24) is 10.7 Å². The molecule has 0 radical (unpaired) electrons. The highest BCUT2D eigenvalue weighted by atomic mass is 35.5. The standard InChI is InChI=1S/C17H18ClN3OS/c1-2-19-17(23)21-20-11-13-7-9-15(10-8-13)22-12-14-5-3-4-6-16(14)18/h3-11H,2,12H2,1H3,(H2,19,21,23)/p+1. The molecule has 0 aliphatic heterocycles. The molecular weight excluding hydrogens is 330 g/mol. The van der Waals surface area contributed by atoms with Crippen LogP contribution in [0.2, 0.25) is 5.02 Å². The Kier molecular flexibility index (Phi) is 6.84. The van der Waals surface area contributed by atoms with Crippen LogP contribution >= 0.6 is 23.8 Å². The van der Waals surface area contributed by atoms with Gasteiger partial charge >= 0.3 is 0 Å². The summed E-state index contributed by atoms with van der Waals surface area (Å²) in [5, 5.41) is 7.19. The molecule has 0 fully saturated rings. The van der Waals surface area contributed by atoms with Gasteiger partial charge in [-0.1, -0.05) is 29.8 Å². The molecule has 3 N–H and O–H groups in total. The number of hydrogen-bond donors (Lipinski definition) is 3. The molecule has 23 heavy (non-hydrogen) atoms. The lowest BCUT2D eigenvalue weighted by Gasteiger charge is -2.07. The number of nitrogens with one attached hydrogen (secondary N) is 3. The zero-order valence-corrected chi connectivity index (χ0v) is 14.4. The molecule has 0 amide bonds. The maximum absolute atomic E-state index is 6.11. The van der Waals surface area contributed by atoms with Gasteiger partial charge in [-0.2, -0.15) is 0 Å². The largest absolute Gasteiger partial charge is 0.489 e. The van der Waals surface area contributed by atoms with Gasteiger partial charge < -0.3 is 10.1 Å². The van der Waals surface area contributed by atoms with Crippen molar-refractivity contribution in [3.05, 3.63) is 64.7 Å². The molecule has 2 aromatic carbocycles. The first-order valence-corrected chi connectivity index (χ1v) is 8.06. The normalized spacial score (nSPS) is 10.5. The summed E-state index contributed by atoms with van der Waals surface area (Å²) in [6.45, 7) is 3.21. The van der Waals surface area contributed by atoms with Gasteiger partial charge in [-0.05, 0) is 49.5 Å². The van der Waals surface area contributed by atoms with Crippen molar-refractivity contribution < 1.29 is 9.84 Å². The summed E-state index contributed by atoms with van der Waals surface area (Å²) in [6, 6.07) is 15.4. The molecule has 4 nitrogen and oxygen atoms in total. The average Bonchev–Trinajstić information content (AvgIpc) is 2.56. The van der Waals surface area contributed by atoms with Crippen LogP contribution in [0.4, 0.5) is 0 Å². The summed E-state index contributed by atoms with van der Waals surface area (Å²) in [5.74, 6) is 0.790. The Morgan fingerprint density at radius 3 is 2.65 bits per heavy atom. The van der Waals surface area contributed by atoms with Gasteiger partial charge in [0.1, 0.15) is 12.4 Å². The molecule has 0 heterocycles. The molecule has 0 spiro atoms. The molecule has 0 bridgehead atoms. The van der Waals surface area contributed by atoms with E-state index < -0.39 is 0 Å². The second-order valence-corrected chi connectivity index (χ2v) is 5.54. The number of benzene rings is 2. The number of rotatable bonds is 6. The van der Waals surface area contributed by atoms with E-state index in [4.69, 9.17) is 28.6 Å². The Balaban J connectivity index is 1.86. The second kappa shape index (κ2) is 9.12. The minimum atomic E-state index is 0.444. The first-order valence-electron chi connectivity index (χ1n) is 7.28. The van der Waals surface area contributed by atoms with Crippen molar-refractivity contribution >= 4 is 35.1 Å². The lowest BCUT2D eigenvalue weighted by Crippen LogP contribution is -2.82. The molecule has 120 valence electrons. The highest BCUT2D eigenvalue weighted by molar-refractivity contribution is 7.80. The van der Waals surface area contributed by atoms with E-state index >= 15 is 0 Å². The minimum Gasteiger partial charge on any atom is -0.489 e. The van der Waals surface area contributed by atoms with E-state index in [1.54, 1.807) is 0 Å². The van der Waals surface area contributed by atoms with Gasteiger partial charge in [0, 0.05) is 22.7 Å². The van der Waals surface area contributed by atoms with Crippen molar-refractivity contribution in [2.24, 2.45) is 0 Å². The molecule has 0 aromatic heterocycles. The third-order valence-electron chi connectivity index (χ3n) is 2.99. The monoisotopic (exact) mass is 348 g/mol. The zero-order chi connectivity index (χ0) is 16.5. The maximum atomic E-state index is 6.11. The van der Waals surface area contributed by atoms with Crippen molar-refractivity contribution in [2.75, 3.05) is 6.54 Å². The third kappa shape index (κ3) is 5.88. The van der Waals surface area contributed by atoms with Crippen LogP contribution in [0.25, 0.3) is 0 Å². The lowest BCUT2D eigenvalue weighted by molar-refractivity contribution is -0.500. The molecule has 0 saturated heterocycles. The maximum Gasteiger partial charge on any atom is 0.223 e. The van der Waals surface area contributed by atoms with Gasteiger partial charge in [0.25, 0.3) is 0 Å². The van der Waals surface area contributed by atoms with Crippen LogP contribution in [-0.2, 0) is 6.61 Å². The summed E-state index contributed by atoms with van der Waals surface area (Å²) in [6.07, 6.45) is 1.82. The quantitative estimate of drug-likeness (QED) is 0.423. The summed E-state index contributed by atoms with van der Waals surface area (Å²) >= 11 is 11.2. The first-order chi connectivity index (χ1) is 11.2. The number of hydrazone groups is 1. The summed E-state index contributed by atoms with van der Waals surface area (Å²) in [5.41, 5.74) is 4.84. The second-order valence-electron chi connectivity index (χ2n) is 4.72. The molecule has 0 saturated carbocycles. The van der Waals surface area contributed by atoms with Gasteiger partial charge in [0.05, 0.1) is 0 Å². The molecule has 2 aromatic rings. The van der Waals surface area contributed by atoms with Crippen LogP contribution in [0.3, 0.4) is 0 Å². The molecular formula is C17H19ClN3OS+. The zero-order valence-electron chi connectivity index (χ0n) is 12.8. The third-order valence-corrected chi connectivity index (χ3v) is 3.61. The van der Waals surface area contributed by atoms with Crippen molar-refractivity contribution in [3.8, 4) is 5.75 Å². The topological polar surface area (TPSA) is 47.3 Å². The number of ether oxygens (including phenoxy) is 1. The Bertz CT molecular complexity index is 674. The van der Waals surface area contributed by atoms with Gasteiger partial charge in [-0.3, -0.25) is 0 Å². The van der Waals surface area contributed by atoms with Crippen LogP contribution in [-0.4, -0.2) is 17.9 Å². The fourth-order valence-corrected chi connectivity index (χ4v) is 2.22. The smallest absolute Gasteiger partial charge is 0.223 e. The number of thiocarbonyl (C=S) groups is 1. The summed E-state index contributed by atoms with van der Waals surface area (Å²) in [4.78, 5) is 0. The van der Waals surface area contributed by atoms with E-state index in [0.717, 1.165) is 23.4 Å². The fraction of sp³-hybridized carbons (Fsp3) is 0.176. The molecule has 0 unspecified atom stereocenters. The van der Waals surface area contributed by atoms with E-state index in [1.165, 1.54) is 0 Å². The van der Waals surface area contributed by atoms with Crippen LogP contribution in [0.15, 0.2) is 48.5 Å². The lowest BCUT2D eigenvalue weighted by atomic mass is 10.2. The molecule has 0 aliphatic rings. The van der Waals surface area contributed by atoms with Crippen molar-refractivity contribution in [1.29, 1.82) is 0 Å². The minimum absolute atomic E-state index is 0.444. The molecule has 6 heteroatoms. The van der Waals surface area contributed by atoms with Gasteiger partial charge in [-0.15, -0.1) is 10.5 Å². The van der Waals surface area contributed by atoms with Crippen LogP contribution < -0.4 is 20.6 Å². The van der Waals surface area contributed by atoms with Gasteiger partial charge in [0.15, 0.2) is 6.21 Å². The Morgan fingerprint density at radius 1 is 1.22 bits per heavy atom. The average molecular weight is 349 g/mol. The SMILES string of the molecule is CCNC(=S)N[NH+]=Cc1ccc(OCc2ccccc2Cl)cc1. The van der Waals surface area contributed by atoms with E-state index in [1.807, 2.05) is 61.7 Å². The van der Waals surface area contributed by atoms with Gasteiger partial charge in [-0.25, -0.2) is 0 Å². The van der Waals surface area contributed by atoms with E-state index in [-0.39, 0.29) is 0 Å². The Morgan fingerprint density at radius 2 is 1.96 bits per heavy atom. The van der Waals surface area contributed by atoms with E-state index in [0.29, 0.717) is 16.7 Å². The number of hydrogen-bond acceptors (Lipinski definition) is 2. The number of hydrazine groups is 1. The van der Waals surface area contributed by atoms with E-state index in [9.17, 15) is 0 Å². The van der Waals surface area contributed by atoms with E-state index in [2.05, 4.69) is 15.8 Å². The molecule has 0 aliphatic carbocycles. The fourth-order valence-electron chi connectivity index (χ4n) is 1.83. The molecule has 2 rings (SSSR count). The first kappa shape index (κ1) is 17.2. The molecule has 0 atom stereocenters. The highest BCUT2D eigenvalue weighted by Gasteiger charge is 2.01. The summed E-state index contributed by atoms with van der Waals surface area (Å²) in [7, 11) is 0. The Labute approximate surface area is 146 Å². The predicted octanol–water partition coefficient (Wildman–Crippen LogP) is 1.82. The van der Waals surface area contributed by atoms with Gasteiger partial charge in [0.2, 0.25) is 5.11 Å². The Hall–Kier alpha value is -2.11. The summed E-state index contributed by atoms with van der Waals surface area (Å²) < 4.78 is 5.74. The van der Waals surface area contributed by atoms with Crippen LogP contribution in [0.5, 0.6) is 5.75 Å².